The number of carboxylic acids is 1. The topological polar surface area (TPSA) is 123 Å². The maximum atomic E-state index is 13.4. The molecule has 4 rings (SSSR count). The first kappa shape index (κ1) is 23.0. The van der Waals surface area contributed by atoms with Crippen molar-refractivity contribution in [2.24, 2.45) is 0 Å². The third-order valence-corrected chi connectivity index (χ3v) is 4.92. The van der Waals surface area contributed by atoms with Crippen molar-refractivity contribution < 1.29 is 32.3 Å². The number of nitrogens with one attached hydrogen (secondary N) is 1. The number of carbonyl (C=O) groups is 2. The van der Waals surface area contributed by atoms with Gasteiger partial charge in [-0.3, -0.25) is 9.59 Å². The molecule has 0 aliphatic heterocycles. The van der Waals surface area contributed by atoms with Gasteiger partial charge in [-0.05, 0) is 47.5 Å². The standard InChI is InChI=1S/C22H18F3N5O4/c1-2-3-12-6-7-15(10-16(12)22(23,24)25)26-21(33)14-5-4-13-8-18(34-17(13)9-14)20-27-29-30(28-20)11-19(31)32/h4-10H,2-3,11H2,1H3,(H,26,33)(H,31,32). The number of amides is 1. The number of hydrogen-bond donors (Lipinski definition) is 2. The normalized spacial score (nSPS) is 11.6. The van der Waals surface area contributed by atoms with Crippen molar-refractivity contribution in [1.29, 1.82) is 0 Å². The molecule has 0 saturated heterocycles. The number of rotatable bonds is 7. The van der Waals surface area contributed by atoms with E-state index in [1.807, 2.05) is 0 Å². The van der Waals surface area contributed by atoms with Gasteiger partial charge in [-0.1, -0.05) is 25.5 Å². The monoisotopic (exact) mass is 473 g/mol. The fraction of sp³-hybridized carbons (Fsp3) is 0.227. The number of halogens is 3. The molecule has 0 aliphatic carbocycles. The van der Waals surface area contributed by atoms with E-state index < -0.39 is 30.2 Å². The molecule has 0 radical (unpaired) electrons. The summed E-state index contributed by atoms with van der Waals surface area (Å²) < 4.78 is 45.9. The number of aryl methyl sites for hydroxylation is 1. The lowest BCUT2D eigenvalue weighted by Crippen LogP contribution is -2.14. The molecule has 0 unspecified atom stereocenters. The number of tetrazole rings is 1. The molecule has 0 aliphatic rings. The van der Waals surface area contributed by atoms with Gasteiger partial charge >= 0.3 is 12.1 Å². The van der Waals surface area contributed by atoms with Gasteiger partial charge in [0.1, 0.15) is 5.58 Å². The number of aromatic nitrogens is 4. The summed E-state index contributed by atoms with van der Waals surface area (Å²) in [6, 6.07) is 9.88. The molecule has 4 aromatic rings. The summed E-state index contributed by atoms with van der Waals surface area (Å²) in [7, 11) is 0. The van der Waals surface area contributed by atoms with Crippen molar-refractivity contribution in [1.82, 2.24) is 20.2 Å². The van der Waals surface area contributed by atoms with Gasteiger partial charge in [0.15, 0.2) is 12.3 Å². The SMILES string of the molecule is CCCc1ccc(NC(=O)c2ccc3cc(-c4nnn(CC(=O)O)n4)oc3c2)cc1C(F)(F)F. The summed E-state index contributed by atoms with van der Waals surface area (Å²) >= 11 is 0. The van der Waals surface area contributed by atoms with Gasteiger partial charge in [0.05, 0.1) is 5.56 Å². The van der Waals surface area contributed by atoms with E-state index in [9.17, 15) is 22.8 Å². The Bertz CT molecular complexity index is 1380. The first-order chi connectivity index (χ1) is 16.1. The van der Waals surface area contributed by atoms with E-state index in [1.54, 1.807) is 19.1 Å². The lowest BCUT2D eigenvalue weighted by Gasteiger charge is -2.14. The van der Waals surface area contributed by atoms with Gasteiger partial charge < -0.3 is 14.8 Å². The highest BCUT2D eigenvalue weighted by atomic mass is 19.4. The highest BCUT2D eigenvalue weighted by Crippen LogP contribution is 2.34. The summed E-state index contributed by atoms with van der Waals surface area (Å²) in [6.07, 6.45) is -3.69. The molecule has 34 heavy (non-hydrogen) atoms. The highest BCUT2D eigenvalue weighted by Gasteiger charge is 2.33. The molecule has 0 saturated carbocycles. The van der Waals surface area contributed by atoms with E-state index in [1.165, 1.54) is 24.3 Å². The minimum Gasteiger partial charge on any atom is -0.480 e. The minimum absolute atomic E-state index is 0.0247. The number of benzene rings is 2. The third kappa shape index (κ3) is 4.90. The van der Waals surface area contributed by atoms with Gasteiger partial charge in [0.25, 0.3) is 5.91 Å². The number of furan rings is 1. The Morgan fingerprint density at radius 1 is 1.15 bits per heavy atom. The fourth-order valence-electron chi connectivity index (χ4n) is 3.42. The highest BCUT2D eigenvalue weighted by molar-refractivity contribution is 6.06. The van der Waals surface area contributed by atoms with Crippen molar-refractivity contribution >= 4 is 28.5 Å². The first-order valence-corrected chi connectivity index (χ1v) is 10.2. The average Bonchev–Trinajstić information content (AvgIpc) is 3.40. The van der Waals surface area contributed by atoms with Crippen LogP contribution in [-0.4, -0.2) is 37.2 Å². The predicted octanol–water partition coefficient (Wildman–Crippen LogP) is 4.39. The molecule has 2 aromatic heterocycles. The fourth-order valence-corrected chi connectivity index (χ4v) is 3.42. The molecule has 1 amide bonds. The van der Waals surface area contributed by atoms with Gasteiger partial charge in [0, 0.05) is 16.6 Å². The second kappa shape index (κ2) is 8.96. The Labute approximate surface area is 190 Å². The van der Waals surface area contributed by atoms with Gasteiger partial charge in [0.2, 0.25) is 5.82 Å². The molecule has 0 fully saturated rings. The number of carboxylic acid groups (broad SMARTS) is 1. The molecule has 0 atom stereocenters. The maximum absolute atomic E-state index is 13.4. The summed E-state index contributed by atoms with van der Waals surface area (Å²) in [4.78, 5) is 24.3. The van der Waals surface area contributed by atoms with Crippen LogP contribution < -0.4 is 5.32 Å². The van der Waals surface area contributed by atoms with Crippen molar-refractivity contribution in [3.05, 3.63) is 59.2 Å². The van der Waals surface area contributed by atoms with Crippen LogP contribution in [0.1, 0.15) is 34.8 Å². The molecule has 12 heteroatoms. The first-order valence-electron chi connectivity index (χ1n) is 10.2. The largest absolute Gasteiger partial charge is 0.480 e. The maximum Gasteiger partial charge on any atom is 0.416 e. The zero-order valence-corrected chi connectivity index (χ0v) is 17.8. The molecule has 9 nitrogen and oxygen atoms in total. The number of carbonyl (C=O) groups excluding carboxylic acids is 1. The van der Waals surface area contributed by atoms with E-state index >= 15 is 0 Å². The van der Waals surface area contributed by atoms with Crippen LogP contribution in [0.25, 0.3) is 22.6 Å². The van der Waals surface area contributed by atoms with Gasteiger partial charge in [-0.25, -0.2) is 0 Å². The number of aliphatic carboxylic acids is 1. The average molecular weight is 473 g/mol. The Kier molecular flexibility index (Phi) is 6.05. The van der Waals surface area contributed by atoms with Crippen molar-refractivity contribution in [3.63, 3.8) is 0 Å². The van der Waals surface area contributed by atoms with Gasteiger partial charge in [-0.15, -0.1) is 10.2 Å². The lowest BCUT2D eigenvalue weighted by atomic mass is 10.0. The van der Waals surface area contributed by atoms with Crippen molar-refractivity contribution in [2.75, 3.05) is 5.32 Å². The van der Waals surface area contributed by atoms with Crippen LogP contribution in [0.5, 0.6) is 0 Å². The smallest absolute Gasteiger partial charge is 0.416 e. The number of fused-ring (bicyclic) bond motifs is 1. The van der Waals surface area contributed by atoms with Crippen LogP contribution in [0.3, 0.4) is 0 Å². The number of alkyl halides is 3. The Hall–Kier alpha value is -4.22. The Morgan fingerprint density at radius 3 is 2.65 bits per heavy atom. The summed E-state index contributed by atoms with van der Waals surface area (Å²) in [5.74, 6) is -1.46. The van der Waals surface area contributed by atoms with Crippen molar-refractivity contribution in [3.8, 4) is 11.6 Å². The summed E-state index contributed by atoms with van der Waals surface area (Å²) in [5, 5.41) is 23.2. The van der Waals surface area contributed by atoms with Crippen LogP contribution in [0.4, 0.5) is 18.9 Å². The number of anilines is 1. The number of hydrogen-bond acceptors (Lipinski definition) is 6. The van der Waals surface area contributed by atoms with Crippen LogP contribution in [0, 0.1) is 0 Å². The quantitative estimate of drug-likeness (QED) is 0.408. The van der Waals surface area contributed by atoms with E-state index in [0.717, 1.165) is 10.9 Å². The van der Waals surface area contributed by atoms with E-state index in [-0.39, 0.29) is 34.8 Å². The third-order valence-electron chi connectivity index (χ3n) is 4.92. The van der Waals surface area contributed by atoms with Crippen LogP contribution in [0.2, 0.25) is 0 Å². The lowest BCUT2D eigenvalue weighted by molar-refractivity contribution is -0.139. The van der Waals surface area contributed by atoms with Crippen molar-refractivity contribution in [2.45, 2.75) is 32.5 Å². The second-order valence-electron chi connectivity index (χ2n) is 7.47. The molecule has 0 spiro atoms. The molecule has 2 N–H and O–H groups in total. The molecule has 2 heterocycles. The van der Waals surface area contributed by atoms with Crippen LogP contribution in [0.15, 0.2) is 46.9 Å². The molecule has 176 valence electrons. The zero-order valence-electron chi connectivity index (χ0n) is 17.8. The summed E-state index contributed by atoms with van der Waals surface area (Å²) in [5.41, 5.74) is -0.0987. The molecular formula is C22H18F3N5O4. The number of nitrogens with zero attached hydrogens (tertiary/aromatic N) is 4. The van der Waals surface area contributed by atoms with Crippen LogP contribution in [-0.2, 0) is 23.9 Å². The summed E-state index contributed by atoms with van der Waals surface area (Å²) in [6.45, 7) is 1.33. The predicted molar refractivity (Wildman–Crippen MR) is 114 cm³/mol. The van der Waals surface area contributed by atoms with Crippen LogP contribution >= 0.6 is 0 Å². The van der Waals surface area contributed by atoms with E-state index in [4.69, 9.17) is 9.52 Å². The molecule has 0 bridgehead atoms. The minimum atomic E-state index is -4.53. The second-order valence-corrected chi connectivity index (χ2v) is 7.47. The molecular weight excluding hydrogens is 455 g/mol. The zero-order chi connectivity index (χ0) is 24.5. The van der Waals surface area contributed by atoms with E-state index in [2.05, 4.69) is 20.7 Å². The van der Waals surface area contributed by atoms with Gasteiger partial charge in [-0.2, -0.15) is 18.0 Å². The molecule has 2 aromatic carbocycles. The Morgan fingerprint density at radius 2 is 1.94 bits per heavy atom. The van der Waals surface area contributed by atoms with E-state index in [0.29, 0.717) is 17.4 Å². The Balaban J connectivity index is 1.56.